The van der Waals surface area contributed by atoms with Gasteiger partial charge < -0.3 is 13.5 Å². The van der Waals surface area contributed by atoms with Crippen LogP contribution in [0, 0.1) is 0 Å². The SMILES string of the molecule is CC(=O)c1cc2c(OP(=O)(O)O)c3ccccc3c(OP(=O)(O)O)c2o1.[Na+]. The maximum absolute atomic E-state index is 11.6. The summed E-state index contributed by atoms with van der Waals surface area (Å²) < 4.78 is 37.5. The van der Waals surface area contributed by atoms with Crippen LogP contribution < -0.4 is 38.6 Å². The first-order valence-corrected chi connectivity index (χ1v) is 10.0. The van der Waals surface area contributed by atoms with Crippen molar-refractivity contribution >= 4 is 43.2 Å². The first-order valence-electron chi connectivity index (χ1n) is 6.96. The Kier molecular flexibility index (Phi) is 6.28. The summed E-state index contributed by atoms with van der Waals surface area (Å²) in [4.78, 5) is 48.4. The van der Waals surface area contributed by atoms with Crippen molar-refractivity contribution in [2.45, 2.75) is 6.92 Å². The molecule has 2 aromatic carbocycles. The van der Waals surface area contributed by atoms with Gasteiger partial charge in [0.2, 0.25) is 0 Å². The molecule has 0 unspecified atom stereocenters. The Morgan fingerprint density at radius 2 is 1.41 bits per heavy atom. The molecule has 0 bridgehead atoms. The Morgan fingerprint density at radius 3 is 1.89 bits per heavy atom. The van der Waals surface area contributed by atoms with Crippen molar-refractivity contribution < 1.29 is 76.5 Å². The van der Waals surface area contributed by atoms with Gasteiger partial charge in [-0.2, -0.15) is 0 Å². The van der Waals surface area contributed by atoms with E-state index in [2.05, 4.69) is 0 Å². The predicted molar refractivity (Wildman–Crippen MR) is 89.1 cm³/mol. The molecule has 0 radical (unpaired) electrons. The van der Waals surface area contributed by atoms with Crippen molar-refractivity contribution in [2.24, 2.45) is 0 Å². The van der Waals surface area contributed by atoms with Crippen molar-refractivity contribution in [3.05, 3.63) is 36.1 Å². The second-order valence-corrected chi connectivity index (χ2v) is 7.60. The number of Topliss-reactive ketones (excluding diaryl/α,β-unsaturated/α-hetero) is 1. The molecule has 3 rings (SSSR count). The molecule has 0 spiro atoms. The minimum Gasteiger partial charge on any atom is -0.449 e. The molecule has 4 N–H and O–H groups in total. The monoisotopic (exact) mass is 425 g/mol. The van der Waals surface area contributed by atoms with Crippen molar-refractivity contribution in [1.82, 2.24) is 0 Å². The first-order chi connectivity index (χ1) is 12.0. The third-order valence-corrected chi connectivity index (χ3v) is 4.21. The van der Waals surface area contributed by atoms with Crippen molar-refractivity contribution in [3.8, 4) is 11.5 Å². The number of fused-ring (bicyclic) bond motifs is 2. The van der Waals surface area contributed by atoms with Crippen molar-refractivity contribution in [2.75, 3.05) is 0 Å². The zero-order chi connectivity index (χ0) is 19.3. The predicted octanol–water partition coefficient (Wildman–Crippen LogP) is -0.264. The smallest absolute Gasteiger partial charge is 0.449 e. The summed E-state index contributed by atoms with van der Waals surface area (Å²) in [5.74, 6) is -1.41. The van der Waals surface area contributed by atoms with Crippen LogP contribution in [0.25, 0.3) is 21.7 Å². The number of phosphoric acid groups is 2. The second kappa shape index (κ2) is 7.67. The zero-order valence-corrected chi connectivity index (χ0v) is 17.8. The van der Waals surface area contributed by atoms with Gasteiger partial charge in [0.25, 0.3) is 0 Å². The molecule has 1 aromatic heterocycles. The third kappa shape index (κ3) is 4.81. The molecule has 0 aliphatic rings. The fraction of sp³-hybridized carbons (Fsp3) is 0.0714. The molecule has 0 fully saturated rings. The van der Waals surface area contributed by atoms with Gasteiger partial charge in [0.15, 0.2) is 28.6 Å². The topological polar surface area (TPSA) is 164 Å². The van der Waals surface area contributed by atoms with Crippen LogP contribution in [-0.2, 0) is 9.13 Å². The van der Waals surface area contributed by atoms with Gasteiger partial charge in [0.05, 0.1) is 5.39 Å². The Labute approximate surface area is 173 Å². The number of rotatable bonds is 5. The van der Waals surface area contributed by atoms with E-state index in [1.807, 2.05) is 0 Å². The molecule has 3 aromatic rings. The van der Waals surface area contributed by atoms with Gasteiger partial charge in [-0.05, 0) is 6.07 Å². The van der Waals surface area contributed by atoms with Gasteiger partial charge in [-0.15, -0.1) is 0 Å². The van der Waals surface area contributed by atoms with Crippen molar-refractivity contribution in [3.63, 3.8) is 0 Å². The normalized spacial score (nSPS) is 12.0. The summed E-state index contributed by atoms with van der Waals surface area (Å²) in [6, 6.07) is 6.99. The number of carbonyl (C=O) groups is 1. The average Bonchev–Trinajstić information content (AvgIpc) is 2.94. The van der Waals surface area contributed by atoms with Gasteiger partial charge in [0.1, 0.15) is 0 Å². The quantitative estimate of drug-likeness (QED) is 0.243. The van der Waals surface area contributed by atoms with Gasteiger partial charge in [-0.25, -0.2) is 9.13 Å². The molecule has 0 aliphatic carbocycles. The third-order valence-electron chi connectivity index (χ3n) is 3.37. The molecule has 27 heavy (non-hydrogen) atoms. The van der Waals surface area contributed by atoms with Gasteiger partial charge in [-0.3, -0.25) is 24.4 Å². The van der Waals surface area contributed by atoms with Crippen LogP contribution in [-0.4, -0.2) is 25.4 Å². The number of hydrogen-bond donors (Lipinski definition) is 4. The number of carbonyl (C=O) groups excluding carboxylic acids is 1. The van der Waals surface area contributed by atoms with Crippen LogP contribution in [0.4, 0.5) is 0 Å². The molecule has 10 nitrogen and oxygen atoms in total. The van der Waals surface area contributed by atoms with E-state index in [0.717, 1.165) is 6.07 Å². The summed E-state index contributed by atoms with van der Waals surface area (Å²) >= 11 is 0. The Bertz CT molecular complexity index is 1050. The van der Waals surface area contributed by atoms with Gasteiger partial charge in [0, 0.05) is 17.7 Å². The summed E-state index contributed by atoms with van der Waals surface area (Å²) in [6.07, 6.45) is 0. The summed E-state index contributed by atoms with van der Waals surface area (Å²) in [6.45, 7) is 1.18. The molecule has 13 heteroatoms. The van der Waals surface area contributed by atoms with Crippen LogP contribution in [0.2, 0.25) is 0 Å². The second-order valence-electron chi connectivity index (χ2n) is 5.28. The molecule has 0 aliphatic heterocycles. The molecule has 0 atom stereocenters. The maximum Gasteiger partial charge on any atom is 1.00 e. The maximum atomic E-state index is 11.6. The summed E-state index contributed by atoms with van der Waals surface area (Å²) in [5, 5.41) is 0.0829. The Balaban J connectivity index is 0.00000261. The minimum absolute atomic E-state index is 0. The summed E-state index contributed by atoms with van der Waals surface area (Å²) in [5.41, 5.74) is -0.291. The van der Waals surface area contributed by atoms with Crippen LogP contribution in [0.3, 0.4) is 0 Å². The van der Waals surface area contributed by atoms with Crippen molar-refractivity contribution in [1.29, 1.82) is 0 Å². The number of ketones is 1. The van der Waals surface area contributed by atoms with Crippen LogP contribution >= 0.6 is 15.6 Å². The van der Waals surface area contributed by atoms with E-state index >= 15 is 0 Å². The number of furan rings is 1. The summed E-state index contributed by atoms with van der Waals surface area (Å²) in [7, 11) is -9.99. The van der Waals surface area contributed by atoms with E-state index in [4.69, 9.17) is 13.5 Å². The molecule has 138 valence electrons. The zero-order valence-electron chi connectivity index (χ0n) is 14.0. The number of hydrogen-bond acceptors (Lipinski definition) is 6. The fourth-order valence-electron chi connectivity index (χ4n) is 2.48. The van der Waals surface area contributed by atoms with Gasteiger partial charge >= 0.3 is 45.2 Å². The average molecular weight is 425 g/mol. The van der Waals surface area contributed by atoms with Gasteiger partial charge in [-0.1, -0.05) is 24.3 Å². The molecule has 0 amide bonds. The minimum atomic E-state index is -5.01. The Morgan fingerprint density at radius 1 is 0.926 bits per heavy atom. The molecule has 0 saturated heterocycles. The standard InChI is InChI=1S/C14H12O10P2.Na/c1-7(15)11-6-10-12(23-25(16,17)18)8-4-2-3-5-9(8)14(13(10)22-11)24-26(19,20)21;/h2-6H,1H3,(H2,16,17,18)(H2,19,20,21);/q;+1. The van der Waals surface area contributed by atoms with E-state index in [1.165, 1.54) is 31.2 Å². The van der Waals surface area contributed by atoms with E-state index in [1.54, 1.807) is 0 Å². The molecular formula is C14H12NaO10P2+. The molecular weight excluding hydrogens is 413 g/mol. The number of phosphoric ester groups is 2. The van der Waals surface area contributed by atoms with E-state index in [9.17, 15) is 33.5 Å². The van der Waals surface area contributed by atoms with Crippen LogP contribution in [0.5, 0.6) is 11.5 Å². The number of benzene rings is 2. The largest absolute Gasteiger partial charge is 1.00 e. The fourth-order valence-corrected chi connectivity index (χ4v) is 3.33. The van der Waals surface area contributed by atoms with Crippen LogP contribution in [0.15, 0.2) is 34.7 Å². The van der Waals surface area contributed by atoms with E-state index in [0.29, 0.717) is 0 Å². The Hall–Kier alpha value is -1.19. The van der Waals surface area contributed by atoms with E-state index in [-0.39, 0.29) is 68.6 Å². The first kappa shape index (κ1) is 22.1. The van der Waals surface area contributed by atoms with E-state index < -0.39 is 21.4 Å². The molecule has 1 heterocycles. The van der Waals surface area contributed by atoms with Crippen LogP contribution in [0.1, 0.15) is 17.5 Å². The molecule has 0 saturated carbocycles.